The maximum absolute atomic E-state index is 5.85. The second-order valence-electron chi connectivity index (χ2n) is 4.99. The first kappa shape index (κ1) is 16.9. The molecule has 0 aliphatic carbocycles. The lowest BCUT2D eigenvalue weighted by Crippen LogP contribution is -2.42. The number of rotatable bonds is 10. The van der Waals surface area contributed by atoms with Crippen LogP contribution in [0.15, 0.2) is 0 Å². The molecule has 114 valence electrons. The Morgan fingerprint density at radius 3 is 2.47 bits per heavy atom. The summed E-state index contributed by atoms with van der Waals surface area (Å²) in [5.74, 6) is 0. The monoisotopic (exact) mass is 274 g/mol. The van der Waals surface area contributed by atoms with Crippen molar-refractivity contribution in [2.75, 3.05) is 59.8 Å². The van der Waals surface area contributed by atoms with Gasteiger partial charge < -0.3 is 19.9 Å². The lowest BCUT2D eigenvalue weighted by atomic mass is 10.1. The van der Waals surface area contributed by atoms with Crippen LogP contribution in [0.5, 0.6) is 0 Å². The molecule has 0 amide bonds. The van der Waals surface area contributed by atoms with Crippen molar-refractivity contribution in [1.29, 1.82) is 0 Å². The lowest BCUT2D eigenvalue weighted by molar-refractivity contribution is 0.0169. The van der Waals surface area contributed by atoms with E-state index in [2.05, 4.69) is 4.90 Å². The highest BCUT2D eigenvalue weighted by Crippen LogP contribution is 2.15. The molecular formula is C14H30N2O3. The van der Waals surface area contributed by atoms with Crippen molar-refractivity contribution in [3.8, 4) is 0 Å². The molecule has 5 heteroatoms. The topological polar surface area (TPSA) is 57.0 Å². The molecule has 1 aliphatic rings. The predicted octanol–water partition coefficient (Wildman–Crippen LogP) is 0.869. The van der Waals surface area contributed by atoms with Crippen LogP contribution in [-0.4, -0.2) is 70.7 Å². The molecule has 1 rings (SSSR count). The molecule has 0 bridgehead atoms. The molecule has 0 spiro atoms. The van der Waals surface area contributed by atoms with Crippen LogP contribution in [-0.2, 0) is 14.2 Å². The van der Waals surface area contributed by atoms with Gasteiger partial charge in [0.05, 0.1) is 33.0 Å². The van der Waals surface area contributed by atoms with Gasteiger partial charge in [-0.2, -0.15) is 0 Å². The van der Waals surface area contributed by atoms with E-state index >= 15 is 0 Å². The molecule has 5 nitrogen and oxygen atoms in total. The van der Waals surface area contributed by atoms with E-state index < -0.39 is 0 Å². The van der Waals surface area contributed by atoms with E-state index in [0.717, 1.165) is 26.2 Å². The van der Waals surface area contributed by atoms with Gasteiger partial charge in [0.2, 0.25) is 0 Å². The first-order chi connectivity index (χ1) is 9.38. The Morgan fingerprint density at radius 1 is 1.00 bits per heavy atom. The third kappa shape index (κ3) is 7.84. The molecule has 1 fully saturated rings. The summed E-state index contributed by atoms with van der Waals surface area (Å²) < 4.78 is 15.8. The Labute approximate surface area is 117 Å². The molecular weight excluding hydrogens is 244 g/mol. The van der Waals surface area contributed by atoms with Crippen molar-refractivity contribution >= 4 is 0 Å². The number of methoxy groups -OCH3 is 1. The molecule has 1 unspecified atom stereocenters. The van der Waals surface area contributed by atoms with Gasteiger partial charge in [0, 0.05) is 26.2 Å². The van der Waals surface area contributed by atoms with Crippen molar-refractivity contribution in [1.82, 2.24) is 4.90 Å². The first-order valence-corrected chi connectivity index (χ1v) is 7.47. The number of ether oxygens (including phenoxy) is 3. The van der Waals surface area contributed by atoms with Gasteiger partial charge >= 0.3 is 0 Å². The summed E-state index contributed by atoms with van der Waals surface area (Å²) in [4.78, 5) is 2.48. The van der Waals surface area contributed by atoms with Crippen molar-refractivity contribution in [2.24, 2.45) is 5.73 Å². The van der Waals surface area contributed by atoms with Crippen molar-refractivity contribution in [3.63, 3.8) is 0 Å². The normalized spacial score (nSPS) is 21.5. The average Bonchev–Trinajstić information content (AvgIpc) is 2.66. The summed E-state index contributed by atoms with van der Waals surface area (Å²) in [6, 6.07) is 0.545. The molecule has 1 aliphatic heterocycles. The maximum atomic E-state index is 5.85. The van der Waals surface area contributed by atoms with Gasteiger partial charge in [0.25, 0.3) is 0 Å². The third-order valence-electron chi connectivity index (χ3n) is 3.60. The molecule has 19 heavy (non-hydrogen) atoms. The standard InChI is InChI=1S/C14H30N2O3/c1-17-9-10-19-12-11-18-8-7-16-6-4-2-3-5-14(16)13-15/h14H,2-13,15H2,1H3. The molecule has 0 aromatic rings. The lowest BCUT2D eigenvalue weighted by Gasteiger charge is -2.28. The van der Waals surface area contributed by atoms with E-state index in [0.29, 0.717) is 32.5 Å². The van der Waals surface area contributed by atoms with Crippen LogP contribution in [0, 0.1) is 0 Å². The van der Waals surface area contributed by atoms with E-state index in [-0.39, 0.29) is 0 Å². The fraction of sp³-hybridized carbons (Fsp3) is 1.00. The third-order valence-corrected chi connectivity index (χ3v) is 3.60. The number of nitrogens with zero attached hydrogens (tertiary/aromatic N) is 1. The van der Waals surface area contributed by atoms with Crippen LogP contribution in [0.25, 0.3) is 0 Å². The van der Waals surface area contributed by atoms with E-state index in [1.54, 1.807) is 7.11 Å². The largest absolute Gasteiger partial charge is 0.382 e. The smallest absolute Gasteiger partial charge is 0.0701 e. The SMILES string of the molecule is COCCOCCOCCN1CCCCCC1CN. The van der Waals surface area contributed by atoms with E-state index in [1.807, 2.05) is 0 Å². The Balaban J connectivity index is 2.00. The zero-order chi connectivity index (χ0) is 13.8. The first-order valence-electron chi connectivity index (χ1n) is 7.47. The molecule has 1 atom stereocenters. The van der Waals surface area contributed by atoms with Crippen molar-refractivity contribution < 1.29 is 14.2 Å². The second-order valence-corrected chi connectivity index (χ2v) is 4.99. The quantitative estimate of drug-likeness (QED) is 0.599. The second kappa shape index (κ2) is 11.6. The summed E-state index contributed by atoms with van der Waals surface area (Å²) in [5, 5.41) is 0. The van der Waals surface area contributed by atoms with E-state index in [4.69, 9.17) is 19.9 Å². The highest BCUT2D eigenvalue weighted by atomic mass is 16.5. The fourth-order valence-corrected chi connectivity index (χ4v) is 2.44. The molecule has 0 saturated carbocycles. The average molecular weight is 274 g/mol. The summed E-state index contributed by atoms with van der Waals surface area (Å²) in [7, 11) is 1.68. The van der Waals surface area contributed by atoms with E-state index in [1.165, 1.54) is 25.7 Å². The maximum Gasteiger partial charge on any atom is 0.0701 e. The minimum absolute atomic E-state index is 0.545. The van der Waals surface area contributed by atoms with Crippen molar-refractivity contribution in [3.05, 3.63) is 0 Å². The highest BCUT2D eigenvalue weighted by molar-refractivity contribution is 4.75. The molecule has 0 aromatic heterocycles. The zero-order valence-electron chi connectivity index (χ0n) is 12.3. The molecule has 0 aromatic carbocycles. The van der Waals surface area contributed by atoms with Gasteiger partial charge in [-0.05, 0) is 19.4 Å². The highest BCUT2D eigenvalue weighted by Gasteiger charge is 2.18. The van der Waals surface area contributed by atoms with Crippen molar-refractivity contribution in [2.45, 2.75) is 31.7 Å². The number of hydrogen-bond acceptors (Lipinski definition) is 5. The summed E-state index contributed by atoms with van der Waals surface area (Å²) in [6.07, 6.45) is 5.17. The van der Waals surface area contributed by atoms with Gasteiger partial charge in [-0.3, -0.25) is 4.90 Å². The van der Waals surface area contributed by atoms with E-state index in [9.17, 15) is 0 Å². The van der Waals surface area contributed by atoms with Gasteiger partial charge in [0.1, 0.15) is 0 Å². The van der Waals surface area contributed by atoms with Crippen LogP contribution >= 0.6 is 0 Å². The fourth-order valence-electron chi connectivity index (χ4n) is 2.44. The van der Waals surface area contributed by atoms with Crippen LogP contribution in [0.3, 0.4) is 0 Å². The predicted molar refractivity (Wildman–Crippen MR) is 76.4 cm³/mol. The van der Waals surface area contributed by atoms with Gasteiger partial charge in [-0.25, -0.2) is 0 Å². The molecule has 2 N–H and O–H groups in total. The van der Waals surface area contributed by atoms with Crippen LogP contribution < -0.4 is 5.73 Å². The molecule has 1 heterocycles. The Bertz CT molecular complexity index is 205. The number of hydrogen-bond donors (Lipinski definition) is 1. The van der Waals surface area contributed by atoms with Crippen LogP contribution in [0.2, 0.25) is 0 Å². The molecule has 0 radical (unpaired) electrons. The van der Waals surface area contributed by atoms with Gasteiger partial charge in [0.15, 0.2) is 0 Å². The Kier molecular flexibility index (Phi) is 10.3. The minimum Gasteiger partial charge on any atom is -0.382 e. The van der Waals surface area contributed by atoms with Gasteiger partial charge in [-0.1, -0.05) is 12.8 Å². The summed E-state index contributed by atoms with van der Waals surface area (Å²) in [5.41, 5.74) is 5.85. The van der Waals surface area contributed by atoms with Gasteiger partial charge in [-0.15, -0.1) is 0 Å². The Hall–Kier alpha value is -0.200. The Morgan fingerprint density at radius 2 is 1.74 bits per heavy atom. The van der Waals surface area contributed by atoms with Crippen LogP contribution in [0.1, 0.15) is 25.7 Å². The number of likely N-dealkylation sites (tertiary alicyclic amines) is 1. The zero-order valence-corrected chi connectivity index (χ0v) is 12.3. The summed E-state index contributed by atoms with van der Waals surface area (Å²) >= 11 is 0. The number of nitrogens with two attached hydrogens (primary N) is 1. The summed E-state index contributed by atoms with van der Waals surface area (Å²) in [6.45, 7) is 6.27. The molecule has 1 saturated heterocycles. The minimum atomic E-state index is 0.545. The van der Waals surface area contributed by atoms with Crippen LogP contribution in [0.4, 0.5) is 0 Å².